The van der Waals surface area contributed by atoms with Gasteiger partial charge in [-0.15, -0.1) is 0 Å². The summed E-state index contributed by atoms with van der Waals surface area (Å²) >= 11 is 0. The van der Waals surface area contributed by atoms with Gasteiger partial charge in [-0.1, -0.05) is 18.2 Å². The smallest absolute Gasteiger partial charge is 0.255 e. The summed E-state index contributed by atoms with van der Waals surface area (Å²) in [4.78, 5) is 16.8. The maximum absolute atomic E-state index is 12.6. The Labute approximate surface area is 158 Å². The van der Waals surface area contributed by atoms with Gasteiger partial charge in [-0.25, -0.2) is 4.98 Å². The van der Waals surface area contributed by atoms with E-state index in [9.17, 15) is 4.79 Å². The van der Waals surface area contributed by atoms with E-state index in [2.05, 4.69) is 15.6 Å². The number of pyridine rings is 1. The Morgan fingerprint density at radius 3 is 2.48 bits per heavy atom. The molecule has 0 saturated carbocycles. The van der Waals surface area contributed by atoms with Crippen LogP contribution in [0.3, 0.4) is 0 Å². The molecule has 1 heterocycles. The number of carbonyl (C=O) groups is 1. The first-order valence-corrected chi connectivity index (χ1v) is 8.43. The molecule has 6 heteroatoms. The molecule has 0 aliphatic rings. The van der Waals surface area contributed by atoms with E-state index < -0.39 is 0 Å². The minimum Gasteiger partial charge on any atom is -0.493 e. The summed E-state index contributed by atoms with van der Waals surface area (Å²) < 4.78 is 10.5. The lowest BCUT2D eigenvalue weighted by Gasteiger charge is -2.12. The van der Waals surface area contributed by atoms with E-state index in [1.807, 2.05) is 37.3 Å². The molecule has 0 radical (unpaired) electrons. The summed E-state index contributed by atoms with van der Waals surface area (Å²) in [6.07, 6.45) is 1.59. The molecule has 0 unspecified atom stereocenters. The molecule has 1 amide bonds. The Morgan fingerprint density at radius 1 is 0.963 bits per heavy atom. The van der Waals surface area contributed by atoms with Crippen LogP contribution in [0.2, 0.25) is 0 Å². The number of aryl methyl sites for hydroxylation is 1. The van der Waals surface area contributed by atoms with Crippen molar-refractivity contribution in [1.29, 1.82) is 0 Å². The van der Waals surface area contributed by atoms with Crippen molar-refractivity contribution < 1.29 is 14.3 Å². The molecule has 138 valence electrons. The molecular formula is C21H21N3O3. The lowest BCUT2D eigenvalue weighted by Crippen LogP contribution is -2.13. The highest BCUT2D eigenvalue weighted by Crippen LogP contribution is 2.30. The number of methoxy groups -OCH3 is 2. The highest BCUT2D eigenvalue weighted by atomic mass is 16.5. The second-order valence-corrected chi connectivity index (χ2v) is 5.89. The van der Waals surface area contributed by atoms with Crippen LogP contribution in [0, 0.1) is 6.92 Å². The van der Waals surface area contributed by atoms with Crippen molar-refractivity contribution in [2.45, 2.75) is 6.92 Å². The average molecular weight is 363 g/mol. The molecule has 3 aromatic rings. The summed E-state index contributed by atoms with van der Waals surface area (Å²) in [5.74, 6) is 1.61. The van der Waals surface area contributed by atoms with E-state index in [0.29, 0.717) is 22.9 Å². The highest BCUT2D eigenvalue weighted by molar-refractivity contribution is 6.05. The number of amides is 1. The number of hydrogen-bond donors (Lipinski definition) is 2. The quantitative estimate of drug-likeness (QED) is 0.679. The number of anilines is 3. The van der Waals surface area contributed by atoms with Gasteiger partial charge in [0.1, 0.15) is 5.82 Å². The number of para-hydroxylation sites is 1. The summed E-state index contributed by atoms with van der Waals surface area (Å²) in [7, 11) is 3.17. The van der Waals surface area contributed by atoms with E-state index in [0.717, 1.165) is 16.9 Å². The van der Waals surface area contributed by atoms with Crippen LogP contribution in [0.4, 0.5) is 17.2 Å². The van der Waals surface area contributed by atoms with Crippen LogP contribution in [-0.2, 0) is 0 Å². The Morgan fingerprint density at radius 2 is 1.74 bits per heavy atom. The molecule has 0 atom stereocenters. The third-order valence-electron chi connectivity index (χ3n) is 4.07. The summed E-state index contributed by atoms with van der Waals surface area (Å²) in [5.41, 5.74) is 3.07. The molecule has 1 aromatic heterocycles. The fraction of sp³-hybridized carbons (Fsp3) is 0.143. The second-order valence-electron chi connectivity index (χ2n) is 5.89. The van der Waals surface area contributed by atoms with E-state index in [-0.39, 0.29) is 5.91 Å². The molecular weight excluding hydrogens is 342 g/mol. The Kier molecular flexibility index (Phi) is 5.56. The fourth-order valence-corrected chi connectivity index (χ4v) is 2.61. The molecule has 0 bridgehead atoms. The van der Waals surface area contributed by atoms with Crippen LogP contribution in [0.15, 0.2) is 60.8 Å². The Bertz CT molecular complexity index is 957. The third kappa shape index (κ3) is 4.36. The van der Waals surface area contributed by atoms with Crippen molar-refractivity contribution in [2.75, 3.05) is 24.9 Å². The zero-order valence-corrected chi connectivity index (χ0v) is 15.4. The lowest BCUT2D eigenvalue weighted by atomic mass is 10.2. The molecule has 0 saturated heterocycles. The monoisotopic (exact) mass is 363 g/mol. The van der Waals surface area contributed by atoms with Crippen LogP contribution in [0.1, 0.15) is 15.9 Å². The van der Waals surface area contributed by atoms with Gasteiger partial charge < -0.3 is 20.1 Å². The van der Waals surface area contributed by atoms with Gasteiger partial charge >= 0.3 is 0 Å². The topological polar surface area (TPSA) is 72.5 Å². The van der Waals surface area contributed by atoms with Gasteiger partial charge in [-0.2, -0.15) is 0 Å². The molecule has 0 aliphatic heterocycles. The molecule has 0 fully saturated rings. The number of carbonyl (C=O) groups excluding carboxylic acids is 1. The SMILES string of the molecule is COc1ccc(Nc2cc(C(=O)Nc3ccccc3C)ccn2)cc1OC. The largest absolute Gasteiger partial charge is 0.493 e. The Hall–Kier alpha value is -3.54. The van der Waals surface area contributed by atoms with Crippen LogP contribution < -0.4 is 20.1 Å². The van der Waals surface area contributed by atoms with Crippen LogP contribution in [-0.4, -0.2) is 25.1 Å². The van der Waals surface area contributed by atoms with Crippen LogP contribution in [0.25, 0.3) is 0 Å². The number of hydrogen-bond acceptors (Lipinski definition) is 5. The molecule has 2 N–H and O–H groups in total. The maximum atomic E-state index is 12.6. The number of nitrogens with zero attached hydrogens (tertiary/aromatic N) is 1. The van der Waals surface area contributed by atoms with Crippen molar-refractivity contribution in [3.05, 3.63) is 71.9 Å². The van der Waals surface area contributed by atoms with Crippen LogP contribution in [0.5, 0.6) is 11.5 Å². The van der Waals surface area contributed by atoms with Gasteiger partial charge in [0, 0.05) is 29.2 Å². The first kappa shape index (κ1) is 18.3. The van der Waals surface area contributed by atoms with Crippen molar-refractivity contribution in [3.63, 3.8) is 0 Å². The minimum absolute atomic E-state index is 0.193. The van der Waals surface area contributed by atoms with Gasteiger partial charge in [0.25, 0.3) is 5.91 Å². The van der Waals surface area contributed by atoms with Crippen LogP contribution >= 0.6 is 0 Å². The predicted octanol–water partition coefficient (Wildman–Crippen LogP) is 4.40. The summed E-state index contributed by atoms with van der Waals surface area (Å²) in [6, 6.07) is 16.5. The van der Waals surface area contributed by atoms with Crippen molar-refractivity contribution in [2.24, 2.45) is 0 Å². The molecule has 6 nitrogen and oxygen atoms in total. The van der Waals surface area contributed by atoms with Crippen molar-refractivity contribution in [1.82, 2.24) is 4.98 Å². The summed E-state index contributed by atoms with van der Waals surface area (Å²) in [5, 5.41) is 6.09. The third-order valence-corrected chi connectivity index (χ3v) is 4.07. The highest BCUT2D eigenvalue weighted by Gasteiger charge is 2.10. The molecule has 27 heavy (non-hydrogen) atoms. The number of aromatic nitrogens is 1. The Balaban J connectivity index is 1.77. The first-order valence-electron chi connectivity index (χ1n) is 8.43. The predicted molar refractivity (Wildman–Crippen MR) is 106 cm³/mol. The second kappa shape index (κ2) is 8.23. The zero-order chi connectivity index (χ0) is 19.2. The number of benzene rings is 2. The summed E-state index contributed by atoms with van der Waals surface area (Å²) in [6.45, 7) is 1.95. The van der Waals surface area contributed by atoms with E-state index in [4.69, 9.17) is 9.47 Å². The standard InChI is InChI=1S/C21H21N3O3/c1-14-6-4-5-7-17(14)24-21(25)15-10-11-22-20(12-15)23-16-8-9-18(26-2)19(13-16)27-3/h4-13H,1-3H3,(H,22,23)(H,24,25). The van der Waals surface area contributed by atoms with Crippen molar-refractivity contribution >= 4 is 23.1 Å². The first-order chi connectivity index (χ1) is 13.1. The van der Waals surface area contributed by atoms with Crippen molar-refractivity contribution in [3.8, 4) is 11.5 Å². The van der Waals surface area contributed by atoms with Gasteiger partial charge in [0.15, 0.2) is 11.5 Å². The number of ether oxygens (including phenoxy) is 2. The van der Waals surface area contributed by atoms with E-state index in [1.165, 1.54) is 0 Å². The number of rotatable bonds is 6. The van der Waals surface area contributed by atoms with Gasteiger partial charge in [0.05, 0.1) is 14.2 Å². The molecule has 3 rings (SSSR count). The molecule has 2 aromatic carbocycles. The zero-order valence-electron chi connectivity index (χ0n) is 15.4. The molecule has 0 aliphatic carbocycles. The normalized spacial score (nSPS) is 10.2. The van der Waals surface area contributed by atoms with E-state index in [1.54, 1.807) is 44.7 Å². The van der Waals surface area contributed by atoms with Gasteiger partial charge in [-0.3, -0.25) is 4.79 Å². The van der Waals surface area contributed by atoms with Gasteiger partial charge in [-0.05, 0) is 42.8 Å². The number of nitrogens with one attached hydrogen (secondary N) is 2. The van der Waals surface area contributed by atoms with Gasteiger partial charge in [0.2, 0.25) is 0 Å². The fourth-order valence-electron chi connectivity index (χ4n) is 2.61. The lowest BCUT2D eigenvalue weighted by molar-refractivity contribution is 0.102. The molecule has 0 spiro atoms. The maximum Gasteiger partial charge on any atom is 0.255 e. The van der Waals surface area contributed by atoms with E-state index >= 15 is 0 Å². The minimum atomic E-state index is -0.193. The average Bonchev–Trinajstić information content (AvgIpc) is 2.69.